The lowest BCUT2D eigenvalue weighted by atomic mass is 10.1. The standard InChI is InChI=1S/C13H15NO2/c1-4-6-10(2)14-13(15)11-7-5-8-12(9-11)16-3/h1,5,7-10H,6H2,2-3H3,(H,14,15). The number of terminal acetylenes is 1. The predicted molar refractivity (Wildman–Crippen MR) is 63.4 cm³/mol. The van der Waals surface area contributed by atoms with E-state index in [0.29, 0.717) is 17.7 Å². The summed E-state index contributed by atoms with van der Waals surface area (Å²) in [5, 5.41) is 2.81. The van der Waals surface area contributed by atoms with Crippen molar-refractivity contribution >= 4 is 5.91 Å². The fraction of sp³-hybridized carbons (Fsp3) is 0.308. The van der Waals surface area contributed by atoms with Crippen molar-refractivity contribution in [2.24, 2.45) is 0 Å². The fourth-order valence-electron chi connectivity index (χ4n) is 1.30. The molecule has 0 aliphatic rings. The van der Waals surface area contributed by atoms with Crippen LogP contribution in [0.15, 0.2) is 24.3 Å². The molecule has 0 fully saturated rings. The predicted octanol–water partition coefficient (Wildman–Crippen LogP) is 1.84. The number of nitrogens with one attached hydrogen (secondary N) is 1. The number of carbonyl (C=O) groups excluding carboxylic acids is 1. The van der Waals surface area contributed by atoms with Crippen molar-refractivity contribution < 1.29 is 9.53 Å². The molecule has 0 saturated heterocycles. The number of carbonyl (C=O) groups is 1. The summed E-state index contributed by atoms with van der Waals surface area (Å²) in [7, 11) is 1.57. The molecule has 1 aromatic carbocycles. The zero-order valence-corrected chi connectivity index (χ0v) is 9.49. The van der Waals surface area contributed by atoms with Gasteiger partial charge in [-0.15, -0.1) is 12.3 Å². The van der Waals surface area contributed by atoms with E-state index in [1.54, 1.807) is 31.4 Å². The first-order valence-corrected chi connectivity index (χ1v) is 5.05. The van der Waals surface area contributed by atoms with E-state index in [1.807, 2.05) is 6.92 Å². The van der Waals surface area contributed by atoms with Gasteiger partial charge < -0.3 is 10.1 Å². The SMILES string of the molecule is C#CCC(C)NC(=O)c1cccc(OC)c1. The van der Waals surface area contributed by atoms with Gasteiger partial charge in [0.15, 0.2) is 0 Å². The normalized spacial score (nSPS) is 11.3. The molecular weight excluding hydrogens is 202 g/mol. The van der Waals surface area contributed by atoms with Gasteiger partial charge in [0, 0.05) is 18.0 Å². The second-order valence-corrected chi connectivity index (χ2v) is 3.51. The molecule has 0 spiro atoms. The Morgan fingerprint density at radius 3 is 3.00 bits per heavy atom. The minimum absolute atomic E-state index is 0.0244. The van der Waals surface area contributed by atoms with Gasteiger partial charge in [0.05, 0.1) is 7.11 Å². The molecule has 1 N–H and O–H groups in total. The third-order valence-electron chi connectivity index (χ3n) is 2.13. The largest absolute Gasteiger partial charge is 0.497 e. The first-order chi connectivity index (χ1) is 7.67. The Morgan fingerprint density at radius 1 is 1.62 bits per heavy atom. The Kier molecular flexibility index (Phi) is 4.41. The van der Waals surface area contributed by atoms with Crippen LogP contribution in [0.2, 0.25) is 0 Å². The molecule has 1 atom stereocenters. The monoisotopic (exact) mass is 217 g/mol. The van der Waals surface area contributed by atoms with Crippen LogP contribution in [0.1, 0.15) is 23.7 Å². The number of hydrogen-bond acceptors (Lipinski definition) is 2. The first kappa shape index (κ1) is 12.1. The molecule has 84 valence electrons. The molecule has 1 amide bonds. The molecule has 1 rings (SSSR count). The Bertz CT molecular complexity index is 407. The van der Waals surface area contributed by atoms with Crippen LogP contribution in [0, 0.1) is 12.3 Å². The van der Waals surface area contributed by atoms with E-state index in [-0.39, 0.29) is 11.9 Å². The first-order valence-electron chi connectivity index (χ1n) is 5.05. The minimum atomic E-state index is -0.137. The van der Waals surface area contributed by atoms with Crippen LogP contribution < -0.4 is 10.1 Å². The average molecular weight is 217 g/mol. The van der Waals surface area contributed by atoms with Crippen LogP contribution >= 0.6 is 0 Å². The topological polar surface area (TPSA) is 38.3 Å². The molecule has 0 saturated carbocycles. The van der Waals surface area contributed by atoms with E-state index in [2.05, 4.69) is 11.2 Å². The molecular formula is C13H15NO2. The average Bonchev–Trinajstić information content (AvgIpc) is 2.29. The summed E-state index contributed by atoms with van der Waals surface area (Å²) in [6, 6.07) is 6.98. The lowest BCUT2D eigenvalue weighted by molar-refractivity contribution is 0.0940. The summed E-state index contributed by atoms with van der Waals surface area (Å²) >= 11 is 0. The van der Waals surface area contributed by atoms with Crippen molar-refractivity contribution in [3.05, 3.63) is 29.8 Å². The van der Waals surface area contributed by atoms with Crippen LogP contribution in [-0.4, -0.2) is 19.1 Å². The molecule has 16 heavy (non-hydrogen) atoms. The lowest BCUT2D eigenvalue weighted by Crippen LogP contribution is -2.32. The van der Waals surface area contributed by atoms with Crippen molar-refractivity contribution in [1.82, 2.24) is 5.32 Å². The zero-order chi connectivity index (χ0) is 12.0. The van der Waals surface area contributed by atoms with Gasteiger partial charge in [-0.3, -0.25) is 4.79 Å². The maximum Gasteiger partial charge on any atom is 0.251 e. The third kappa shape index (κ3) is 3.32. The van der Waals surface area contributed by atoms with E-state index in [4.69, 9.17) is 11.2 Å². The Hall–Kier alpha value is -1.95. The van der Waals surface area contributed by atoms with Gasteiger partial charge in [0.1, 0.15) is 5.75 Å². The van der Waals surface area contributed by atoms with Crippen LogP contribution in [0.25, 0.3) is 0 Å². The molecule has 3 nitrogen and oxygen atoms in total. The van der Waals surface area contributed by atoms with Gasteiger partial charge in [0.2, 0.25) is 0 Å². The molecule has 1 aromatic rings. The van der Waals surface area contributed by atoms with E-state index < -0.39 is 0 Å². The van der Waals surface area contributed by atoms with Crippen molar-refractivity contribution in [3.63, 3.8) is 0 Å². The quantitative estimate of drug-likeness (QED) is 0.781. The number of amides is 1. The summed E-state index contributed by atoms with van der Waals surface area (Å²) in [6.45, 7) is 1.87. The second kappa shape index (κ2) is 5.82. The van der Waals surface area contributed by atoms with Crippen LogP contribution in [0.5, 0.6) is 5.75 Å². The summed E-state index contributed by atoms with van der Waals surface area (Å²) in [6.07, 6.45) is 5.69. The molecule has 0 heterocycles. The molecule has 3 heteroatoms. The summed E-state index contributed by atoms with van der Waals surface area (Å²) < 4.78 is 5.05. The maximum absolute atomic E-state index is 11.8. The van der Waals surface area contributed by atoms with Crippen molar-refractivity contribution in [2.75, 3.05) is 7.11 Å². The fourth-order valence-corrected chi connectivity index (χ4v) is 1.30. The second-order valence-electron chi connectivity index (χ2n) is 3.51. The van der Waals surface area contributed by atoms with Crippen LogP contribution in [0.3, 0.4) is 0 Å². The zero-order valence-electron chi connectivity index (χ0n) is 9.49. The molecule has 0 radical (unpaired) electrons. The molecule has 0 aliphatic heterocycles. The van der Waals surface area contributed by atoms with E-state index >= 15 is 0 Å². The Balaban J connectivity index is 2.69. The van der Waals surface area contributed by atoms with Gasteiger partial charge >= 0.3 is 0 Å². The Morgan fingerprint density at radius 2 is 2.38 bits per heavy atom. The van der Waals surface area contributed by atoms with Gasteiger partial charge in [-0.1, -0.05) is 6.07 Å². The highest BCUT2D eigenvalue weighted by atomic mass is 16.5. The minimum Gasteiger partial charge on any atom is -0.497 e. The molecule has 0 aliphatic carbocycles. The van der Waals surface area contributed by atoms with Crippen molar-refractivity contribution in [1.29, 1.82) is 0 Å². The molecule has 0 aromatic heterocycles. The molecule has 1 unspecified atom stereocenters. The lowest BCUT2D eigenvalue weighted by Gasteiger charge is -2.11. The molecule has 0 bridgehead atoms. The summed E-state index contributed by atoms with van der Waals surface area (Å²) in [5.41, 5.74) is 0.572. The van der Waals surface area contributed by atoms with Crippen molar-refractivity contribution in [3.8, 4) is 18.1 Å². The van der Waals surface area contributed by atoms with Gasteiger partial charge in [0.25, 0.3) is 5.91 Å². The number of methoxy groups -OCH3 is 1. The number of rotatable bonds is 4. The highest BCUT2D eigenvalue weighted by molar-refractivity contribution is 5.94. The third-order valence-corrected chi connectivity index (χ3v) is 2.13. The maximum atomic E-state index is 11.8. The number of ether oxygens (including phenoxy) is 1. The van der Waals surface area contributed by atoms with Crippen molar-refractivity contribution in [2.45, 2.75) is 19.4 Å². The highest BCUT2D eigenvalue weighted by Crippen LogP contribution is 2.12. The number of benzene rings is 1. The summed E-state index contributed by atoms with van der Waals surface area (Å²) in [5.74, 6) is 3.03. The Labute approximate surface area is 95.8 Å². The highest BCUT2D eigenvalue weighted by Gasteiger charge is 2.09. The van der Waals surface area contributed by atoms with E-state index in [9.17, 15) is 4.79 Å². The van der Waals surface area contributed by atoms with Gasteiger partial charge in [-0.2, -0.15) is 0 Å². The van der Waals surface area contributed by atoms with E-state index in [1.165, 1.54) is 0 Å². The number of hydrogen-bond donors (Lipinski definition) is 1. The van der Waals surface area contributed by atoms with Gasteiger partial charge in [-0.05, 0) is 25.1 Å². The van der Waals surface area contributed by atoms with Crippen LogP contribution in [-0.2, 0) is 0 Å². The summed E-state index contributed by atoms with van der Waals surface area (Å²) in [4.78, 5) is 11.8. The van der Waals surface area contributed by atoms with Gasteiger partial charge in [-0.25, -0.2) is 0 Å². The van der Waals surface area contributed by atoms with Crippen LogP contribution in [0.4, 0.5) is 0 Å². The van der Waals surface area contributed by atoms with E-state index in [0.717, 1.165) is 0 Å². The smallest absolute Gasteiger partial charge is 0.251 e.